The van der Waals surface area contributed by atoms with Crippen molar-refractivity contribution < 1.29 is 24.3 Å². The first-order valence-electron chi connectivity index (χ1n) is 19.5. The monoisotopic (exact) mass is 790 g/mol. The van der Waals surface area contributed by atoms with Gasteiger partial charge in [-0.1, -0.05) is 129 Å². The third-order valence-corrected chi connectivity index (χ3v) is 9.51. The number of hydroxylamine groups is 2. The number of hydrogen-bond donors (Lipinski definition) is 2. The summed E-state index contributed by atoms with van der Waals surface area (Å²) in [5.41, 5.74) is 3.33. The summed E-state index contributed by atoms with van der Waals surface area (Å²) in [5.74, 6) is 1.13. The maximum atomic E-state index is 14.0. The van der Waals surface area contributed by atoms with Gasteiger partial charge in [-0.3, -0.25) is 15.0 Å². The van der Waals surface area contributed by atoms with E-state index in [0.717, 1.165) is 57.6 Å². The number of benzene rings is 5. The minimum atomic E-state index is -1.13. The zero-order valence-electron chi connectivity index (χ0n) is 34.1. The molecule has 0 bridgehead atoms. The van der Waals surface area contributed by atoms with Crippen LogP contribution in [0, 0.1) is 6.92 Å². The molecule has 10 heteroatoms. The van der Waals surface area contributed by atoms with Gasteiger partial charge in [0.15, 0.2) is 5.60 Å². The Hall–Kier alpha value is -4.94. The molecule has 1 aliphatic rings. The van der Waals surface area contributed by atoms with Crippen LogP contribution >= 0.6 is 11.9 Å². The Bertz CT molecular complexity index is 1780. The molecule has 1 fully saturated rings. The van der Waals surface area contributed by atoms with Crippen LogP contribution in [0.5, 0.6) is 11.5 Å². The first kappa shape index (κ1) is 44.8. The molecule has 5 aromatic rings. The minimum Gasteiger partial charge on any atom is -0.457 e. The molecule has 9 nitrogen and oxygen atoms in total. The Kier molecular flexibility index (Phi) is 18.3. The molecular weight excluding hydrogens is 733 g/mol. The van der Waals surface area contributed by atoms with Gasteiger partial charge in [-0.2, -0.15) is 0 Å². The molecule has 1 saturated heterocycles. The van der Waals surface area contributed by atoms with Crippen molar-refractivity contribution in [3.8, 4) is 11.5 Å². The number of nitrogens with one attached hydrogen (secondary N) is 1. The Morgan fingerprint density at radius 1 is 0.807 bits per heavy atom. The lowest BCUT2D eigenvalue weighted by molar-refractivity contribution is -0.218. The molecule has 1 heterocycles. The van der Waals surface area contributed by atoms with E-state index in [1.54, 1.807) is 17.3 Å². The smallest absolute Gasteiger partial charge is 0.248 e. The van der Waals surface area contributed by atoms with Gasteiger partial charge >= 0.3 is 0 Å². The highest BCUT2D eigenvalue weighted by Gasteiger charge is 2.41. The summed E-state index contributed by atoms with van der Waals surface area (Å²) in [4.78, 5) is 20.9. The van der Waals surface area contributed by atoms with Gasteiger partial charge in [0.25, 0.3) is 0 Å². The molecule has 0 unspecified atom stereocenters. The number of carbonyl (C=O) groups is 1. The van der Waals surface area contributed by atoms with Crippen molar-refractivity contribution in [2.45, 2.75) is 58.8 Å². The summed E-state index contributed by atoms with van der Waals surface area (Å²) in [7, 11) is 0. The van der Waals surface area contributed by atoms with E-state index >= 15 is 0 Å². The third-order valence-electron chi connectivity index (χ3n) is 8.99. The SMILES string of the molecule is C=CCN(OC(c1ccccc1)(c1ccccc1)c1ccccc1)C(=O)CCN(c1ccc(Oc2ccc(C)cc2)cc1)N(O)SC.CC.C[C@@H]1CNC[C@H](C)O1. The minimum absolute atomic E-state index is 0.0432. The van der Waals surface area contributed by atoms with Crippen LogP contribution < -0.4 is 15.1 Å². The van der Waals surface area contributed by atoms with Crippen LogP contribution in [0.1, 0.15) is 56.4 Å². The van der Waals surface area contributed by atoms with Crippen LogP contribution in [-0.2, 0) is 20.0 Å². The van der Waals surface area contributed by atoms with E-state index in [-0.39, 0.29) is 25.4 Å². The van der Waals surface area contributed by atoms with Crippen LogP contribution in [0.4, 0.5) is 5.69 Å². The van der Waals surface area contributed by atoms with E-state index in [2.05, 4.69) is 25.7 Å². The van der Waals surface area contributed by atoms with E-state index in [9.17, 15) is 10.0 Å². The highest BCUT2D eigenvalue weighted by Crippen LogP contribution is 2.41. The number of morpholine rings is 1. The number of rotatable bonds is 15. The van der Waals surface area contributed by atoms with Gasteiger partial charge < -0.3 is 14.8 Å². The number of carbonyl (C=O) groups excluding carboxylic acids is 1. The van der Waals surface area contributed by atoms with Crippen molar-refractivity contribution in [2.75, 3.05) is 37.4 Å². The molecule has 57 heavy (non-hydrogen) atoms. The number of aryl methyl sites for hydroxylation is 1. The molecule has 302 valence electrons. The van der Waals surface area contributed by atoms with E-state index < -0.39 is 5.60 Å². The molecule has 6 rings (SSSR count). The lowest BCUT2D eigenvalue weighted by Gasteiger charge is -2.39. The van der Waals surface area contributed by atoms with Gasteiger partial charge in [0, 0.05) is 32.3 Å². The lowest BCUT2D eigenvalue weighted by atomic mass is 9.80. The van der Waals surface area contributed by atoms with E-state index in [1.165, 1.54) is 5.06 Å². The predicted molar refractivity (Wildman–Crippen MR) is 233 cm³/mol. The van der Waals surface area contributed by atoms with Crippen LogP contribution in [-0.4, -0.2) is 65.4 Å². The maximum absolute atomic E-state index is 14.0. The Morgan fingerprint density at radius 2 is 1.26 bits per heavy atom. The molecule has 0 aliphatic carbocycles. The molecule has 0 saturated carbocycles. The van der Waals surface area contributed by atoms with Crippen molar-refractivity contribution in [1.29, 1.82) is 0 Å². The van der Waals surface area contributed by atoms with Gasteiger partial charge in [0.05, 0.1) is 24.4 Å². The predicted octanol–water partition coefficient (Wildman–Crippen LogP) is 10.2. The van der Waals surface area contributed by atoms with Gasteiger partial charge in [-0.25, -0.2) is 9.90 Å². The molecule has 1 aliphatic heterocycles. The normalized spacial score (nSPS) is 14.9. The van der Waals surface area contributed by atoms with Crippen molar-refractivity contribution in [2.24, 2.45) is 0 Å². The van der Waals surface area contributed by atoms with Crippen molar-refractivity contribution in [3.63, 3.8) is 0 Å². The number of anilines is 1. The number of nitrogens with zero attached hydrogens (tertiary/aromatic N) is 3. The van der Waals surface area contributed by atoms with Gasteiger partial charge in [0.2, 0.25) is 5.91 Å². The van der Waals surface area contributed by atoms with E-state index in [1.807, 2.05) is 160 Å². The average Bonchev–Trinajstić information content (AvgIpc) is 3.25. The van der Waals surface area contributed by atoms with Crippen molar-refractivity contribution >= 4 is 23.5 Å². The summed E-state index contributed by atoms with van der Waals surface area (Å²) in [6.07, 6.45) is 4.25. The fraction of sp³-hybridized carbons (Fsp3) is 0.298. The molecule has 0 aromatic heterocycles. The quantitative estimate of drug-likeness (QED) is 0.0466. The second kappa shape index (κ2) is 23.3. The zero-order chi connectivity index (χ0) is 41.0. The Morgan fingerprint density at radius 3 is 1.67 bits per heavy atom. The lowest BCUT2D eigenvalue weighted by Crippen LogP contribution is -2.45. The number of ether oxygens (including phenoxy) is 2. The van der Waals surface area contributed by atoms with Gasteiger partial charge in [0.1, 0.15) is 11.5 Å². The summed E-state index contributed by atoms with van der Waals surface area (Å²) < 4.78 is 12.4. The number of hydrazine groups is 1. The maximum Gasteiger partial charge on any atom is 0.248 e. The topological polar surface area (TPSA) is 86.7 Å². The Balaban J connectivity index is 0.000000634. The second-order valence-electron chi connectivity index (χ2n) is 13.2. The first-order chi connectivity index (χ1) is 27.7. The first-order valence-corrected chi connectivity index (χ1v) is 20.7. The second-order valence-corrected chi connectivity index (χ2v) is 13.9. The van der Waals surface area contributed by atoms with E-state index in [0.29, 0.717) is 23.6 Å². The number of amides is 1. The molecule has 2 atom stereocenters. The summed E-state index contributed by atoms with van der Waals surface area (Å²) in [5, 5.41) is 17.1. The average molecular weight is 791 g/mol. The fourth-order valence-corrected chi connectivity index (χ4v) is 6.67. The largest absolute Gasteiger partial charge is 0.457 e. The van der Waals surface area contributed by atoms with Crippen LogP contribution in [0.2, 0.25) is 0 Å². The number of hydrogen-bond acceptors (Lipinski definition) is 9. The standard InChI is InChI=1S/C39H39N3O4S.C6H13NO.C2H6/c1-4-29-41(46-39(32-14-8-5-9-15-32,33-16-10-6-11-17-33)34-18-12-7-13-19-34)38(43)28-30-40(42(44)47-3)35-22-26-37(27-23-35)45-36-24-20-31(2)21-25-36;1-5-3-7-4-6(2)8-5;1-2/h4-27,44H,1,28-30H2,2-3H3;5-7H,3-4H2,1-2H3;1-2H3/t;5-,6+;. The molecule has 0 radical (unpaired) electrons. The van der Waals surface area contributed by atoms with Crippen molar-refractivity contribution in [3.05, 3.63) is 174 Å². The van der Waals surface area contributed by atoms with Crippen LogP contribution in [0.3, 0.4) is 0 Å². The zero-order valence-corrected chi connectivity index (χ0v) is 34.9. The van der Waals surface area contributed by atoms with Gasteiger partial charge in [-0.15, -0.1) is 6.58 Å². The molecule has 0 spiro atoms. The highest BCUT2D eigenvalue weighted by molar-refractivity contribution is 7.96. The van der Waals surface area contributed by atoms with Crippen LogP contribution in [0.15, 0.2) is 152 Å². The fourth-order valence-electron chi connectivity index (χ4n) is 6.30. The van der Waals surface area contributed by atoms with Gasteiger partial charge in [-0.05, 0) is 90.4 Å². The van der Waals surface area contributed by atoms with Crippen LogP contribution in [0.25, 0.3) is 0 Å². The Labute approximate surface area is 343 Å². The highest BCUT2D eigenvalue weighted by atomic mass is 32.2. The van der Waals surface area contributed by atoms with E-state index in [4.69, 9.17) is 14.3 Å². The summed E-state index contributed by atoms with van der Waals surface area (Å²) >= 11 is 1.12. The third kappa shape index (κ3) is 12.8. The molecular formula is C47H58N4O5S. The molecule has 5 aromatic carbocycles. The molecule has 2 N–H and O–H groups in total. The summed E-state index contributed by atoms with van der Waals surface area (Å²) in [6.45, 7) is 16.5. The summed E-state index contributed by atoms with van der Waals surface area (Å²) in [6, 6.07) is 44.9. The molecule has 1 amide bonds. The van der Waals surface area contributed by atoms with Crippen molar-refractivity contribution in [1.82, 2.24) is 15.0 Å².